The van der Waals surface area contributed by atoms with E-state index in [1.165, 1.54) is 15.3 Å². The van der Waals surface area contributed by atoms with Crippen molar-refractivity contribution in [1.82, 2.24) is 4.90 Å². The molecule has 0 N–H and O–H groups in total. The van der Waals surface area contributed by atoms with Crippen LogP contribution in [-0.4, -0.2) is 24.0 Å². The molecule has 0 aliphatic carbocycles. The van der Waals surface area contributed by atoms with Gasteiger partial charge in [-0.2, -0.15) is 0 Å². The predicted molar refractivity (Wildman–Crippen MR) is 103 cm³/mol. The summed E-state index contributed by atoms with van der Waals surface area (Å²) in [5.41, 5.74) is 1.91. The quantitative estimate of drug-likeness (QED) is 0.648. The van der Waals surface area contributed by atoms with Gasteiger partial charge >= 0.3 is 0 Å². The highest BCUT2D eigenvalue weighted by Gasteiger charge is 2.34. The van der Waals surface area contributed by atoms with Gasteiger partial charge in [0.1, 0.15) is 5.75 Å². The van der Waals surface area contributed by atoms with Gasteiger partial charge in [-0.25, -0.2) is 0 Å². The van der Waals surface area contributed by atoms with Crippen molar-refractivity contribution < 1.29 is 9.53 Å². The van der Waals surface area contributed by atoms with Crippen LogP contribution in [0.4, 0.5) is 0 Å². The van der Waals surface area contributed by atoms with Gasteiger partial charge in [-0.1, -0.05) is 18.2 Å². The lowest BCUT2D eigenvalue weighted by molar-refractivity contribution is 0.0694. The average molecular weight is 370 g/mol. The van der Waals surface area contributed by atoms with E-state index in [0.717, 1.165) is 13.0 Å². The number of para-hydroxylation sites is 1. The molecular formula is C20H19NO2S2. The van der Waals surface area contributed by atoms with E-state index in [0.29, 0.717) is 17.9 Å². The normalized spacial score (nSPS) is 16.5. The summed E-state index contributed by atoms with van der Waals surface area (Å²) in [4.78, 5) is 18.0. The van der Waals surface area contributed by atoms with E-state index in [1.54, 1.807) is 22.7 Å². The van der Waals surface area contributed by atoms with Crippen LogP contribution in [0.25, 0.3) is 0 Å². The van der Waals surface area contributed by atoms with Gasteiger partial charge in [-0.15, -0.1) is 22.7 Å². The molecule has 3 aromatic rings. The molecule has 4 rings (SSSR count). The minimum Gasteiger partial charge on any atom is -0.493 e. The molecule has 5 heteroatoms. The molecule has 1 aliphatic rings. The van der Waals surface area contributed by atoms with Crippen molar-refractivity contribution in [2.75, 3.05) is 13.2 Å². The first kappa shape index (κ1) is 16.4. The number of benzene rings is 1. The first-order chi connectivity index (χ1) is 12.3. The molecule has 3 nitrogen and oxygen atoms in total. The van der Waals surface area contributed by atoms with Gasteiger partial charge in [0.05, 0.1) is 18.2 Å². The number of thiophene rings is 2. The van der Waals surface area contributed by atoms with Crippen LogP contribution in [0, 0.1) is 0 Å². The number of hydrogen-bond donors (Lipinski definition) is 0. The Labute approximate surface area is 155 Å². The van der Waals surface area contributed by atoms with Gasteiger partial charge in [-0.05, 0) is 53.9 Å². The Balaban J connectivity index is 1.75. The summed E-state index contributed by atoms with van der Waals surface area (Å²) in [5.74, 6) is 0.704. The van der Waals surface area contributed by atoms with E-state index in [4.69, 9.17) is 4.74 Å². The van der Waals surface area contributed by atoms with Gasteiger partial charge in [0.15, 0.2) is 0 Å². The molecule has 2 aromatic heterocycles. The van der Waals surface area contributed by atoms with Crippen molar-refractivity contribution in [3.63, 3.8) is 0 Å². The van der Waals surface area contributed by atoms with E-state index < -0.39 is 0 Å². The molecule has 0 radical (unpaired) electrons. The molecule has 1 aromatic carbocycles. The van der Waals surface area contributed by atoms with Crippen molar-refractivity contribution >= 4 is 28.6 Å². The summed E-state index contributed by atoms with van der Waals surface area (Å²) in [5, 5.41) is 4.21. The topological polar surface area (TPSA) is 29.5 Å². The van der Waals surface area contributed by atoms with E-state index in [1.807, 2.05) is 36.1 Å². The second-order valence-electron chi connectivity index (χ2n) is 5.89. The minimum atomic E-state index is -0.00261. The maximum absolute atomic E-state index is 13.4. The third-order valence-corrected chi connectivity index (χ3v) is 6.38. The molecule has 1 atom stereocenters. The zero-order valence-corrected chi connectivity index (χ0v) is 15.6. The number of carbonyl (C=O) groups is 1. The fourth-order valence-corrected chi connectivity index (χ4v) is 5.13. The monoisotopic (exact) mass is 369 g/mol. The molecule has 128 valence electrons. The van der Waals surface area contributed by atoms with Crippen LogP contribution >= 0.6 is 22.7 Å². The average Bonchev–Trinajstić information content (AvgIpc) is 3.32. The third kappa shape index (κ3) is 2.98. The first-order valence-corrected chi connectivity index (χ1v) is 10.2. The SMILES string of the molecule is CCOc1ccccc1C(=O)N1CCc2sccc2C1c1cccs1. The Morgan fingerprint density at radius 1 is 1.16 bits per heavy atom. The molecule has 0 bridgehead atoms. The lowest BCUT2D eigenvalue weighted by Gasteiger charge is -2.35. The summed E-state index contributed by atoms with van der Waals surface area (Å²) >= 11 is 3.50. The zero-order chi connectivity index (χ0) is 17.2. The number of ether oxygens (including phenoxy) is 1. The molecule has 1 amide bonds. The maximum atomic E-state index is 13.4. The zero-order valence-electron chi connectivity index (χ0n) is 14.0. The molecular weight excluding hydrogens is 350 g/mol. The minimum absolute atomic E-state index is 0.00261. The second-order valence-corrected chi connectivity index (χ2v) is 7.87. The molecule has 0 spiro atoms. The fraction of sp³-hybridized carbons (Fsp3) is 0.250. The smallest absolute Gasteiger partial charge is 0.258 e. The third-order valence-electron chi connectivity index (χ3n) is 4.46. The molecule has 0 saturated carbocycles. The molecule has 0 saturated heterocycles. The van der Waals surface area contributed by atoms with Crippen molar-refractivity contribution in [2.24, 2.45) is 0 Å². The number of rotatable bonds is 4. The van der Waals surface area contributed by atoms with E-state index in [2.05, 4.69) is 29.0 Å². The summed E-state index contributed by atoms with van der Waals surface area (Å²) in [6.07, 6.45) is 0.914. The van der Waals surface area contributed by atoms with Crippen LogP contribution in [-0.2, 0) is 6.42 Å². The first-order valence-electron chi connectivity index (χ1n) is 8.42. The van der Waals surface area contributed by atoms with Gasteiger partial charge in [0, 0.05) is 16.3 Å². The number of nitrogens with zero attached hydrogens (tertiary/aromatic N) is 1. The van der Waals surface area contributed by atoms with E-state index >= 15 is 0 Å². The Kier molecular flexibility index (Phi) is 4.59. The number of carbonyl (C=O) groups excluding carboxylic acids is 1. The molecule has 1 unspecified atom stereocenters. The molecule has 3 heterocycles. The highest BCUT2D eigenvalue weighted by Crippen LogP contribution is 2.40. The largest absolute Gasteiger partial charge is 0.493 e. The standard InChI is InChI=1S/C20H19NO2S2/c1-2-23-16-7-4-3-6-14(16)20(22)21-11-9-17-15(10-13-25-17)19(21)18-8-5-12-24-18/h3-8,10,12-13,19H,2,9,11H2,1H3. The predicted octanol–water partition coefficient (Wildman–Crippen LogP) is 5.00. The fourth-order valence-electron chi connectivity index (χ4n) is 3.37. The molecule has 0 fully saturated rings. The van der Waals surface area contributed by atoms with Gasteiger partial charge in [-0.3, -0.25) is 4.79 Å². The van der Waals surface area contributed by atoms with Crippen LogP contribution in [0.5, 0.6) is 5.75 Å². The molecule has 1 aliphatic heterocycles. The summed E-state index contributed by atoms with van der Waals surface area (Å²) in [6.45, 7) is 3.22. The maximum Gasteiger partial charge on any atom is 0.258 e. The Bertz CT molecular complexity index is 869. The van der Waals surface area contributed by atoms with Crippen molar-refractivity contribution in [1.29, 1.82) is 0 Å². The summed E-state index contributed by atoms with van der Waals surface area (Å²) in [6, 6.07) is 13.9. The lowest BCUT2D eigenvalue weighted by Crippen LogP contribution is -2.39. The summed E-state index contributed by atoms with van der Waals surface area (Å²) in [7, 11) is 0. The van der Waals surface area contributed by atoms with Crippen LogP contribution in [0.15, 0.2) is 53.2 Å². The van der Waals surface area contributed by atoms with Gasteiger partial charge in [0.25, 0.3) is 5.91 Å². The highest BCUT2D eigenvalue weighted by atomic mass is 32.1. The van der Waals surface area contributed by atoms with Crippen LogP contribution in [0.3, 0.4) is 0 Å². The molecule has 25 heavy (non-hydrogen) atoms. The van der Waals surface area contributed by atoms with Crippen molar-refractivity contribution in [3.8, 4) is 5.75 Å². The Morgan fingerprint density at radius 2 is 2.04 bits per heavy atom. The van der Waals surface area contributed by atoms with E-state index in [9.17, 15) is 4.79 Å². The summed E-state index contributed by atoms with van der Waals surface area (Å²) < 4.78 is 5.69. The van der Waals surface area contributed by atoms with Crippen molar-refractivity contribution in [3.05, 3.63) is 74.1 Å². The lowest BCUT2D eigenvalue weighted by atomic mass is 9.97. The van der Waals surface area contributed by atoms with Crippen LogP contribution in [0.1, 0.15) is 38.6 Å². The van der Waals surface area contributed by atoms with Crippen LogP contribution in [0.2, 0.25) is 0 Å². The number of fused-ring (bicyclic) bond motifs is 1. The second kappa shape index (κ2) is 7.02. The van der Waals surface area contributed by atoms with Gasteiger partial charge < -0.3 is 9.64 Å². The van der Waals surface area contributed by atoms with Crippen molar-refractivity contribution in [2.45, 2.75) is 19.4 Å². The van der Waals surface area contributed by atoms with Gasteiger partial charge in [0.2, 0.25) is 0 Å². The van der Waals surface area contributed by atoms with E-state index in [-0.39, 0.29) is 11.9 Å². The van der Waals surface area contributed by atoms with Crippen LogP contribution < -0.4 is 4.74 Å². The Morgan fingerprint density at radius 3 is 2.84 bits per heavy atom. The highest BCUT2D eigenvalue weighted by molar-refractivity contribution is 7.10. The number of amides is 1. The number of hydrogen-bond acceptors (Lipinski definition) is 4. The Hall–Kier alpha value is -2.11.